The van der Waals surface area contributed by atoms with Crippen LogP contribution in [0, 0.1) is 0 Å². The number of amides is 2. The van der Waals surface area contributed by atoms with Crippen molar-refractivity contribution in [1.29, 1.82) is 0 Å². The van der Waals surface area contributed by atoms with Crippen LogP contribution in [0.2, 0.25) is 5.02 Å². The predicted molar refractivity (Wildman–Crippen MR) is 164 cm³/mol. The number of carbonyl (C=O) groups is 2. The van der Waals surface area contributed by atoms with Crippen LogP contribution < -0.4 is 5.73 Å². The van der Waals surface area contributed by atoms with E-state index in [-0.39, 0.29) is 13.2 Å². The van der Waals surface area contributed by atoms with E-state index in [0.717, 1.165) is 16.9 Å². The molecule has 1 aromatic rings. The lowest BCUT2D eigenvalue weighted by Crippen LogP contribution is -2.45. The number of anilines is 1. The quantitative estimate of drug-likeness (QED) is 0.148. The molecule has 0 heterocycles. The van der Waals surface area contributed by atoms with Crippen molar-refractivity contribution in [2.45, 2.75) is 59.2 Å². The van der Waals surface area contributed by atoms with Crippen LogP contribution in [0.1, 0.15) is 47.1 Å². The molecule has 0 saturated heterocycles. The second kappa shape index (κ2) is 21.5. The fraction of sp³-hybridized carbons (Fsp3) is 0.733. The number of benzene rings is 1. The number of imide groups is 1. The number of rotatable bonds is 21. The summed E-state index contributed by atoms with van der Waals surface area (Å²) < 4.78 is 43.6. The first-order valence-corrected chi connectivity index (χ1v) is 14.9. The SMILES string of the molecule is CC(C)(C)OC(=O)N(CCOCCOCCOCCOCCOCCOCCc1cc(N)cc(Cl)c1)C(=O)OC(C)(C)C. The average Bonchev–Trinajstić information content (AvgIpc) is 2.87. The van der Waals surface area contributed by atoms with Gasteiger partial charge < -0.3 is 43.6 Å². The Hall–Kier alpha value is -2.19. The van der Waals surface area contributed by atoms with Crippen LogP contribution >= 0.6 is 11.6 Å². The monoisotopic (exact) mass is 634 g/mol. The van der Waals surface area contributed by atoms with Gasteiger partial charge in [-0.15, -0.1) is 0 Å². The van der Waals surface area contributed by atoms with Crippen LogP contribution in [0.3, 0.4) is 0 Å². The Morgan fingerprint density at radius 3 is 1.37 bits per heavy atom. The first kappa shape index (κ1) is 38.8. The molecular weight excluding hydrogens is 584 g/mol. The van der Waals surface area contributed by atoms with Crippen molar-refractivity contribution >= 4 is 29.5 Å². The van der Waals surface area contributed by atoms with E-state index in [9.17, 15) is 9.59 Å². The van der Waals surface area contributed by atoms with Crippen molar-refractivity contribution < 1.29 is 47.5 Å². The molecule has 0 aliphatic rings. The van der Waals surface area contributed by atoms with Gasteiger partial charge in [0.2, 0.25) is 0 Å². The summed E-state index contributed by atoms with van der Waals surface area (Å²) in [5.41, 5.74) is 5.97. The summed E-state index contributed by atoms with van der Waals surface area (Å²) in [6, 6.07) is 5.49. The average molecular weight is 635 g/mol. The molecule has 0 aliphatic heterocycles. The molecular formula is C30H51ClN2O10. The van der Waals surface area contributed by atoms with Gasteiger partial charge in [0.15, 0.2) is 0 Å². The Bertz CT molecular complexity index is 873. The Morgan fingerprint density at radius 2 is 1.00 bits per heavy atom. The van der Waals surface area contributed by atoms with E-state index in [0.29, 0.717) is 83.4 Å². The van der Waals surface area contributed by atoms with Crippen molar-refractivity contribution in [3.8, 4) is 0 Å². The lowest BCUT2D eigenvalue weighted by atomic mass is 10.1. The van der Waals surface area contributed by atoms with E-state index in [4.69, 9.17) is 55.2 Å². The van der Waals surface area contributed by atoms with Gasteiger partial charge in [-0.3, -0.25) is 0 Å². The highest BCUT2D eigenvalue weighted by atomic mass is 35.5. The minimum atomic E-state index is -0.784. The molecule has 0 bridgehead atoms. The fourth-order valence-electron chi connectivity index (χ4n) is 3.26. The molecule has 43 heavy (non-hydrogen) atoms. The number of ether oxygens (including phenoxy) is 8. The highest BCUT2D eigenvalue weighted by Crippen LogP contribution is 2.17. The first-order valence-electron chi connectivity index (χ1n) is 14.5. The van der Waals surface area contributed by atoms with Gasteiger partial charge in [-0.05, 0) is 71.7 Å². The molecule has 1 rings (SSSR count). The molecule has 1 aromatic carbocycles. The van der Waals surface area contributed by atoms with Gasteiger partial charge in [0.25, 0.3) is 0 Å². The molecule has 0 unspecified atom stereocenters. The smallest absolute Gasteiger partial charge is 0.419 e. The molecule has 0 aliphatic carbocycles. The van der Waals surface area contributed by atoms with E-state index >= 15 is 0 Å². The van der Waals surface area contributed by atoms with Crippen LogP contribution in [-0.2, 0) is 44.3 Å². The maximum atomic E-state index is 12.4. The zero-order valence-corrected chi connectivity index (χ0v) is 27.4. The minimum Gasteiger partial charge on any atom is -0.443 e. The number of nitrogen functional groups attached to an aromatic ring is 1. The molecule has 2 N–H and O–H groups in total. The van der Waals surface area contributed by atoms with Crippen molar-refractivity contribution in [3.63, 3.8) is 0 Å². The van der Waals surface area contributed by atoms with Crippen molar-refractivity contribution in [2.75, 3.05) is 91.6 Å². The third kappa shape index (κ3) is 22.0. The van der Waals surface area contributed by atoms with E-state index in [1.807, 2.05) is 12.1 Å². The summed E-state index contributed by atoms with van der Waals surface area (Å²) in [5.74, 6) is 0. The Labute approximate surface area is 261 Å². The lowest BCUT2D eigenvalue weighted by Gasteiger charge is -2.28. The number of hydrogen-bond acceptors (Lipinski definition) is 11. The zero-order valence-electron chi connectivity index (χ0n) is 26.6. The van der Waals surface area contributed by atoms with Gasteiger partial charge in [-0.2, -0.15) is 0 Å². The molecule has 0 aromatic heterocycles. The largest absolute Gasteiger partial charge is 0.443 e. The van der Waals surface area contributed by atoms with E-state index in [1.54, 1.807) is 47.6 Å². The normalized spacial score (nSPS) is 11.9. The van der Waals surface area contributed by atoms with E-state index in [2.05, 4.69) is 0 Å². The van der Waals surface area contributed by atoms with Gasteiger partial charge in [0, 0.05) is 10.7 Å². The molecule has 0 atom stereocenters. The van der Waals surface area contributed by atoms with E-state index < -0.39 is 23.4 Å². The highest BCUT2D eigenvalue weighted by Gasteiger charge is 2.30. The fourth-order valence-corrected chi connectivity index (χ4v) is 3.52. The number of hydrogen-bond donors (Lipinski definition) is 1. The lowest BCUT2D eigenvalue weighted by molar-refractivity contribution is -0.0202. The summed E-state index contributed by atoms with van der Waals surface area (Å²) in [4.78, 5) is 25.8. The minimum absolute atomic E-state index is 0.00711. The summed E-state index contributed by atoms with van der Waals surface area (Å²) in [6.45, 7) is 15.3. The maximum absolute atomic E-state index is 12.4. The van der Waals surface area contributed by atoms with Gasteiger partial charge >= 0.3 is 12.2 Å². The summed E-state index contributed by atoms with van der Waals surface area (Å²) in [6.07, 6.45) is -0.831. The van der Waals surface area contributed by atoms with Gasteiger partial charge in [0.1, 0.15) is 11.2 Å². The Balaban J connectivity index is 1.95. The van der Waals surface area contributed by atoms with Crippen LogP contribution in [0.15, 0.2) is 18.2 Å². The molecule has 0 saturated carbocycles. The molecule has 248 valence electrons. The summed E-state index contributed by atoms with van der Waals surface area (Å²) >= 11 is 5.99. The maximum Gasteiger partial charge on any atom is 0.419 e. The predicted octanol–water partition coefficient (Wildman–Crippen LogP) is 4.74. The van der Waals surface area contributed by atoms with Crippen molar-refractivity contribution in [1.82, 2.24) is 4.90 Å². The van der Waals surface area contributed by atoms with Gasteiger partial charge in [-0.1, -0.05) is 11.6 Å². The second-order valence-corrected chi connectivity index (χ2v) is 11.9. The van der Waals surface area contributed by atoms with E-state index in [1.165, 1.54) is 0 Å². The zero-order chi connectivity index (χ0) is 32.1. The topological polar surface area (TPSA) is 137 Å². The van der Waals surface area contributed by atoms with Crippen LogP contribution in [-0.4, -0.2) is 114 Å². The molecule has 0 fully saturated rings. The highest BCUT2D eigenvalue weighted by molar-refractivity contribution is 6.30. The van der Waals surface area contributed by atoms with Crippen molar-refractivity contribution in [3.05, 3.63) is 28.8 Å². The molecule has 2 amide bonds. The second-order valence-electron chi connectivity index (χ2n) is 11.4. The van der Waals surface area contributed by atoms with Gasteiger partial charge in [0.05, 0.1) is 85.8 Å². The summed E-state index contributed by atoms with van der Waals surface area (Å²) in [7, 11) is 0. The molecule has 0 radical (unpaired) electrons. The molecule has 12 nitrogen and oxygen atoms in total. The standard InChI is InChI=1S/C30H51ClN2O10/c1-29(2,3)42-27(34)33(28(35)43-30(4,5)6)8-10-37-12-14-39-16-18-41-20-19-40-17-15-38-13-11-36-9-7-24-21-25(31)23-26(32)22-24/h21-23H,7-20,32H2,1-6H3. The Kier molecular flexibility index (Phi) is 19.4. The Morgan fingerprint density at radius 1 is 0.628 bits per heavy atom. The number of halogens is 1. The summed E-state index contributed by atoms with van der Waals surface area (Å²) in [5, 5.41) is 0.626. The van der Waals surface area contributed by atoms with Gasteiger partial charge in [-0.25, -0.2) is 14.5 Å². The molecule has 13 heteroatoms. The number of nitrogens with two attached hydrogens (primary N) is 1. The van der Waals surface area contributed by atoms with Crippen LogP contribution in [0.25, 0.3) is 0 Å². The van der Waals surface area contributed by atoms with Crippen molar-refractivity contribution in [2.24, 2.45) is 0 Å². The first-order chi connectivity index (χ1) is 20.3. The van der Waals surface area contributed by atoms with Crippen LogP contribution in [0.5, 0.6) is 0 Å². The third-order valence-corrected chi connectivity index (χ3v) is 5.28. The number of carbonyl (C=O) groups excluding carboxylic acids is 2. The van der Waals surface area contributed by atoms with Crippen LogP contribution in [0.4, 0.5) is 15.3 Å². The third-order valence-electron chi connectivity index (χ3n) is 5.06. The number of nitrogens with zero attached hydrogens (tertiary/aromatic N) is 1. The molecule has 0 spiro atoms.